The summed E-state index contributed by atoms with van der Waals surface area (Å²) in [5, 5.41) is 15.8. The van der Waals surface area contributed by atoms with E-state index in [9.17, 15) is 9.90 Å². The fourth-order valence-electron chi connectivity index (χ4n) is 3.75. The van der Waals surface area contributed by atoms with E-state index in [2.05, 4.69) is 15.5 Å². The van der Waals surface area contributed by atoms with Gasteiger partial charge in [0.05, 0.1) is 5.60 Å². The Balaban J connectivity index is 1.36. The van der Waals surface area contributed by atoms with Crippen LogP contribution in [-0.2, 0) is 0 Å². The molecule has 2 aliphatic carbocycles. The molecule has 1 atom stereocenters. The number of urea groups is 1. The number of hydrogen-bond donors (Lipinski definition) is 3. The van der Waals surface area contributed by atoms with Gasteiger partial charge in [-0.15, -0.1) is 0 Å². The molecule has 0 aromatic rings. The maximum absolute atomic E-state index is 11.9. The van der Waals surface area contributed by atoms with E-state index in [1.54, 1.807) is 0 Å². The van der Waals surface area contributed by atoms with Crippen molar-refractivity contribution in [3.05, 3.63) is 0 Å². The second-order valence-corrected chi connectivity index (χ2v) is 6.82. The fraction of sp³-hybridized carbons (Fsp3) is 0.933. The van der Waals surface area contributed by atoms with E-state index >= 15 is 0 Å². The van der Waals surface area contributed by atoms with Gasteiger partial charge in [-0.2, -0.15) is 0 Å². The van der Waals surface area contributed by atoms with Crippen LogP contribution in [0.25, 0.3) is 0 Å². The molecule has 114 valence electrons. The van der Waals surface area contributed by atoms with Crippen molar-refractivity contribution in [3.63, 3.8) is 0 Å². The molecule has 3 aliphatic rings. The van der Waals surface area contributed by atoms with Gasteiger partial charge in [-0.25, -0.2) is 4.79 Å². The van der Waals surface area contributed by atoms with E-state index < -0.39 is 5.60 Å². The average Bonchev–Trinajstić information content (AvgIpc) is 3.04. The molecule has 3 fully saturated rings. The minimum Gasteiger partial charge on any atom is -0.388 e. The Morgan fingerprint density at radius 3 is 2.60 bits per heavy atom. The van der Waals surface area contributed by atoms with Crippen LogP contribution >= 0.6 is 0 Å². The van der Waals surface area contributed by atoms with Crippen LogP contribution in [-0.4, -0.2) is 53.4 Å². The summed E-state index contributed by atoms with van der Waals surface area (Å²) in [5.41, 5.74) is -0.636. The lowest BCUT2D eigenvalue weighted by Crippen LogP contribution is -2.52. The SMILES string of the molecule is O=C(NCC1(O)CCC1)NC1CCN(C2CCCC2)C1. The zero-order valence-corrected chi connectivity index (χ0v) is 12.2. The lowest BCUT2D eigenvalue weighted by molar-refractivity contribution is -0.0290. The van der Waals surface area contributed by atoms with Crippen molar-refractivity contribution in [3.8, 4) is 0 Å². The molecule has 5 nitrogen and oxygen atoms in total. The van der Waals surface area contributed by atoms with Crippen molar-refractivity contribution in [1.29, 1.82) is 0 Å². The van der Waals surface area contributed by atoms with Crippen molar-refractivity contribution in [2.75, 3.05) is 19.6 Å². The number of carbonyl (C=O) groups excluding carboxylic acids is 1. The van der Waals surface area contributed by atoms with Crippen molar-refractivity contribution in [1.82, 2.24) is 15.5 Å². The summed E-state index contributed by atoms with van der Waals surface area (Å²) in [6.45, 7) is 2.49. The predicted molar refractivity (Wildman–Crippen MR) is 77.6 cm³/mol. The van der Waals surface area contributed by atoms with Crippen molar-refractivity contribution < 1.29 is 9.90 Å². The smallest absolute Gasteiger partial charge is 0.315 e. The van der Waals surface area contributed by atoms with E-state index in [1.165, 1.54) is 25.7 Å². The first kappa shape index (κ1) is 14.1. The van der Waals surface area contributed by atoms with Crippen molar-refractivity contribution in [2.45, 2.75) is 69.1 Å². The Labute approximate surface area is 121 Å². The average molecular weight is 281 g/mol. The number of amides is 2. The first-order valence-electron chi connectivity index (χ1n) is 8.15. The van der Waals surface area contributed by atoms with Crippen LogP contribution in [0.3, 0.4) is 0 Å². The minimum absolute atomic E-state index is 0.122. The molecule has 0 bridgehead atoms. The molecule has 2 saturated carbocycles. The highest BCUT2D eigenvalue weighted by atomic mass is 16.3. The quantitative estimate of drug-likeness (QED) is 0.726. The molecule has 0 radical (unpaired) electrons. The molecule has 20 heavy (non-hydrogen) atoms. The second-order valence-electron chi connectivity index (χ2n) is 6.82. The molecule has 0 spiro atoms. The van der Waals surface area contributed by atoms with E-state index in [-0.39, 0.29) is 12.1 Å². The number of rotatable bonds is 4. The molecule has 1 aliphatic heterocycles. The molecular formula is C15H27N3O2. The minimum atomic E-state index is -0.636. The maximum atomic E-state index is 11.9. The molecule has 0 aromatic carbocycles. The summed E-state index contributed by atoms with van der Waals surface area (Å²) in [6.07, 6.45) is 9.11. The zero-order chi connectivity index (χ0) is 14.0. The summed E-state index contributed by atoms with van der Waals surface area (Å²) in [4.78, 5) is 14.4. The van der Waals surface area contributed by atoms with Crippen LogP contribution < -0.4 is 10.6 Å². The second kappa shape index (κ2) is 5.90. The molecule has 0 aromatic heterocycles. The summed E-state index contributed by atoms with van der Waals surface area (Å²) in [5.74, 6) is 0. The number of nitrogens with zero attached hydrogens (tertiary/aromatic N) is 1. The third-order valence-electron chi connectivity index (χ3n) is 5.26. The van der Waals surface area contributed by atoms with Gasteiger partial charge in [-0.3, -0.25) is 4.90 Å². The summed E-state index contributed by atoms with van der Waals surface area (Å²) in [7, 11) is 0. The molecule has 1 saturated heterocycles. The number of aliphatic hydroxyl groups is 1. The van der Waals surface area contributed by atoms with E-state index in [0.29, 0.717) is 6.54 Å². The largest absolute Gasteiger partial charge is 0.388 e. The van der Waals surface area contributed by atoms with Gasteiger partial charge in [0.2, 0.25) is 0 Å². The number of hydrogen-bond acceptors (Lipinski definition) is 3. The molecular weight excluding hydrogens is 254 g/mol. The third-order valence-corrected chi connectivity index (χ3v) is 5.26. The first-order chi connectivity index (χ1) is 9.65. The fourth-order valence-corrected chi connectivity index (χ4v) is 3.75. The third kappa shape index (κ3) is 3.26. The van der Waals surface area contributed by atoms with Gasteiger partial charge in [0.25, 0.3) is 0 Å². The highest BCUT2D eigenvalue weighted by Gasteiger charge is 2.35. The topological polar surface area (TPSA) is 64.6 Å². The summed E-state index contributed by atoms with van der Waals surface area (Å²) >= 11 is 0. The first-order valence-corrected chi connectivity index (χ1v) is 8.15. The van der Waals surface area contributed by atoms with Crippen LogP contribution in [0.2, 0.25) is 0 Å². The van der Waals surface area contributed by atoms with E-state index in [4.69, 9.17) is 0 Å². The molecule has 1 heterocycles. The Hall–Kier alpha value is -0.810. The van der Waals surface area contributed by atoms with E-state index in [0.717, 1.165) is 44.8 Å². The standard InChI is InChI=1S/C15H27N3O2/c19-14(16-11-15(20)7-3-8-15)17-12-6-9-18(10-12)13-4-1-2-5-13/h12-13,20H,1-11H2,(H2,16,17,19). The Morgan fingerprint density at radius 2 is 1.95 bits per heavy atom. The highest BCUT2D eigenvalue weighted by Crippen LogP contribution is 2.30. The van der Waals surface area contributed by atoms with Crippen LogP contribution in [0.4, 0.5) is 4.79 Å². The number of likely N-dealkylation sites (tertiary alicyclic amines) is 1. The van der Waals surface area contributed by atoms with Gasteiger partial charge < -0.3 is 15.7 Å². The van der Waals surface area contributed by atoms with Crippen LogP contribution in [0.1, 0.15) is 51.4 Å². The van der Waals surface area contributed by atoms with Gasteiger partial charge >= 0.3 is 6.03 Å². The van der Waals surface area contributed by atoms with Crippen molar-refractivity contribution in [2.24, 2.45) is 0 Å². The molecule has 2 amide bonds. The van der Waals surface area contributed by atoms with Crippen LogP contribution in [0, 0.1) is 0 Å². The Bertz CT molecular complexity index is 351. The van der Waals surface area contributed by atoms with Crippen LogP contribution in [0.15, 0.2) is 0 Å². The number of nitrogens with one attached hydrogen (secondary N) is 2. The highest BCUT2D eigenvalue weighted by molar-refractivity contribution is 5.74. The maximum Gasteiger partial charge on any atom is 0.315 e. The lowest BCUT2D eigenvalue weighted by atomic mass is 9.80. The number of carbonyl (C=O) groups is 1. The van der Waals surface area contributed by atoms with Gasteiger partial charge in [-0.05, 0) is 38.5 Å². The molecule has 3 N–H and O–H groups in total. The van der Waals surface area contributed by atoms with Crippen LogP contribution in [0.5, 0.6) is 0 Å². The monoisotopic (exact) mass is 281 g/mol. The van der Waals surface area contributed by atoms with Gasteiger partial charge in [0.1, 0.15) is 0 Å². The molecule has 3 rings (SSSR count). The van der Waals surface area contributed by atoms with Crippen molar-refractivity contribution >= 4 is 6.03 Å². The molecule has 5 heteroatoms. The summed E-state index contributed by atoms with van der Waals surface area (Å²) in [6, 6.07) is 0.899. The zero-order valence-electron chi connectivity index (χ0n) is 12.2. The van der Waals surface area contributed by atoms with Gasteiger partial charge in [-0.1, -0.05) is 12.8 Å². The van der Waals surface area contributed by atoms with E-state index in [1.807, 2.05) is 0 Å². The summed E-state index contributed by atoms with van der Waals surface area (Å²) < 4.78 is 0. The Kier molecular flexibility index (Phi) is 4.17. The van der Waals surface area contributed by atoms with Gasteiger partial charge in [0.15, 0.2) is 0 Å². The predicted octanol–water partition coefficient (Wildman–Crippen LogP) is 1.22. The normalized spacial score (nSPS) is 30.1. The van der Waals surface area contributed by atoms with Gasteiger partial charge in [0, 0.05) is 31.7 Å². The lowest BCUT2D eigenvalue weighted by Gasteiger charge is -2.36. The Morgan fingerprint density at radius 1 is 1.20 bits per heavy atom. The molecule has 1 unspecified atom stereocenters.